The third-order valence-electron chi connectivity index (χ3n) is 2.64. The van der Waals surface area contributed by atoms with Crippen LogP contribution < -0.4 is 4.90 Å². The van der Waals surface area contributed by atoms with Crippen LogP contribution in [0, 0.1) is 0 Å². The topological polar surface area (TPSA) is 3.24 Å². The molecule has 0 radical (unpaired) electrons. The molecule has 0 saturated carbocycles. The average molecular weight is 197 g/mol. The first-order valence-corrected chi connectivity index (χ1v) is 5.05. The first-order valence-electron chi connectivity index (χ1n) is 5.05. The monoisotopic (exact) mass is 197 g/mol. The molecule has 0 saturated heterocycles. The summed E-state index contributed by atoms with van der Waals surface area (Å²) in [5.74, 6) is 0. The van der Waals surface area contributed by atoms with Crippen LogP contribution in [0.3, 0.4) is 0 Å². The van der Waals surface area contributed by atoms with E-state index in [4.69, 9.17) is 0 Å². The van der Waals surface area contributed by atoms with Crippen LogP contribution in [-0.2, 0) is 0 Å². The smallest absolute Gasteiger partial charge is 0.0367 e. The molecule has 0 heterocycles. The van der Waals surface area contributed by atoms with E-state index < -0.39 is 0 Å². The lowest BCUT2D eigenvalue weighted by molar-refractivity contribution is 1.13. The van der Waals surface area contributed by atoms with E-state index in [0.29, 0.717) is 0 Å². The molecule has 15 heavy (non-hydrogen) atoms. The van der Waals surface area contributed by atoms with Gasteiger partial charge in [-0.15, -0.1) is 0 Å². The van der Waals surface area contributed by atoms with Gasteiger partial charge in [-0.1, -0.05) is 36.9 Å². The van der Waals surface area contributed by atoms with Gasteiger partial charge in [-0.3, -0.25) is 0 Å². The first kappa shape index (κ1) is 9.78. The average Bonchev–Trinajstić information content (AvgIpc) is 2.27. The molecule has 0 atom stereocenters. The van der Waals surface area contributed by atoms with Gasteiger partial charge in [0.25, 0.3) is 0 Å². The highest BCUT2D eigenvalue weighted by Crippen LogP contribution is 2.24. The fraction of sp³-hybridized carbons (Fsp3) is 0.143. The van der Waals surface area contributed by atoms with Crippen LogP contribution in [0.15, 0.2) is 43.0 Å². The molecular formula is C14H15N. The highest BCUT2D eigenvalue weighted by molar-refractivity contribution is 5.92. The Morgan fingerprint density at radius 2 is 1.93 bits per heavy atom. The minimum atomic E-state index is 1.19. The molecule has 0 N–H and O–H groups in total. The van der Waals surface area contributed by atoms with Gasteiger partial charge in [0.1, 0.15) is 0 Å². The minimum absolute atomic E-state index is 1.19. The van der Waals surface area contributed by atoms with E-state index in [0.717, 1.165) is 0 Å². The summed E-state index contributed by atoms with van der Waals surface area (Å²) in [6.45, 7) is 3.84. The van der Waals surface area contributed by atoms with Gasteiger partial charge in [-0.25, -0.2) is 0 Å². The zero-order valence-electron chi connectivity index (χ0n) is 9.20. The summed E-state index contributed by atoms with van der Waals surface area (Å²) in [6.07, 6.45) is 1.90. The van der Waals surface area contributed by atoms with Gasteiger partial charge in [-0.2, -0.15) is 0 Å². The van der Waals surface area contributed by atoms with Crippen molar-refractivity contribution in [1.82, 2.24) is 0 Å². The second-order valence-electron chi connectivity index (χ2n) is 3.85. The van der Waals surface area contributed by atoms with Gasteiger partial charge in [0.05, 0.1) is 0 Å². The van der Waals surface area contributed by atoms with Gasteiger partial charge in [0, 0.05) is 19.8 Å². The molecule has 0 fully saturated rings. The van der Waals surface area contributed by atoms with Gasteiger partial charge in [-0.05, 0) is 28.5 Å². The maximum atomic E-state index is 3.84. The molecule has 0 amide bonds. The number of anilines is 1. The molecule has 0 unspecified atom stereocenters. The predicted octanol–water partition coefficient (Wildman–Crippen LogP) is 3.55. The highest BCUT2D eigenvalue weighted by atomic mass is 15.1. The summed E-state index contributed by atoms with van der Waals surface area (Å²) in [5, 5.41) is 2.52. The van der Waals surface area contributed by atoms with Gasteiger partial charge in [0.2, 0.25) is 0 Å². The summed E-state index contributed by atoms with van der Waals surface area (Å²) in [7, 11) is 4.11. The van der Waals surface area contributed by atoms with Gasteiger partial charge >= 0.3 is 0 Å². The number of benzene rings is 2. The number of hydrogen-bond acceptors (Lipinski definition) is 1. The standard InChI is InChI=1S/C14H15N/c1-4-11-6-5-7-12-8-9-13(15(2)3)10-14(11)12/h4-10H,1H2,2-3H3. The molecule has 0 aromatic heterocycles. The van der Waals surface area contributed by atoms with Crippen molar-refractivity contribution < 1.29 is 0 Å². The Morgan fingerprint density at radius 1 is 1.13 bits per heavy atom. The van der Waals surface area contributed by atoms with E-state index >= 15 is 0 Å². The lowest BCUT2D eigenvalue weighted by Crippen LogP contribution is -2.08. The lowest BCUT2D eigenvalue weighted by atomic mass is 10.0. The Kier molecular flexibility index (Phi) is 2.46. The van der Waals surface area contributed by atoms with Crippen molar-refractivity contribution >= 4 is 22.5 Å². The maximum Gasteiger partial charge on any atom is 0.0367 e. The maximum absolute atomic E-state index is 3.84. The van der Waals surface area contributed by atoms with E-state index in [1.54, 1.807) is 0 Å². The zero-order chi connectivity index (χ0) is 10.8. The van der Waals surface area contributed by atoms with E-state index in [1.807, 2.05) is 6.08 Å². The highest BCUT2D eigenvalue weighted by Gasteiger charge is 2.00. The second-order valence-corrected chi connectivity index (χ2v) is 3.85. The Balaban J connectivity index is 2.72. The van der Waals surface area contributed by atoms with Crippen molar-refractivity contribution in [2.24, 2.45) is 0 Å². The molecule has 0 aliphatic heterocycles. The van der Waals surface area contributed by atoms with Crippen LogP contribution in [0.2, 0.25) is 0 Å². The molecule has 0 spiro atoms. The first-order chi connectivity index (χ1) is 7.22. The van der Waals surface area contributed by atoms with Crippen LogP contribution in [0.4, 0.5) is 5.69 Å². The Morgan fingerprint density at radius 3 is 2.60 bits per heavy atom. The van der Waals surface area contributed by atoms with Crippen molar-refractivity contribution in [3.63, 3.8) is 0 Å². The summed E-state index contributed by atoms with van der Waals surface area (Å²) >= 11 is 0. The molecule has 0 bridgehead atoms. The largest absolute Gasteiger partial charge is 0.378 e. The normalized spacial score (nSPS) is 10.3. The molecular weight excluding hydrogens is 182 g/mol. The fourth-order valence-electron chi connectivity index (χ4n) is 1.74. The van der Waals surface area contributed by atoms with Crippen LogP contribution in [-0.4, -0.2) is 14.1 Å². The van der Waals surface area contributed by atoms with Crippen molar-refractivity contribution in [3.8, 4) is 0 Å². The summed E-state index contributed by atoms with van der Waals surface area (Å²) in [5.41, 5.74) is 2.41. The molecule has 1 heteroatoms. The van der Waals surface area contributed by atoms with Crippen molar-refractivity contribution in [3.05, 3.63) is 48.5 Å². The van der Waals surface area contributed by atoms with Crippen LogP contribution in [0.5, 0.6) is 0 Å². The van der Waals surface area contributed by atoms with Crippen molar-refractivity contribution in [2.45, 2.75) is 0 Å². The van der Waals surface area contributed by atoms with Crippen molar-refractivity contribution in [1.29, 1.82) is 0 Å². The SMILES string of the molecule is C=Cc1cccc2ccc(N(C)C)cc12. The van der Waals surface area contributed by atoms with Gasteiger partial charge < -0.3 is 4.90 Å². The molecule has 2 rings (SSSR count). The fourth-order valence-corrected chi connectivity index (χ4v) is 1.74. The Labute approximate surface area is 90.6 Å². The van der Waals surface area contributed by atoms with Crippen LogP contribution >= 0.6 is 0 Å². The number of fused-ring (bicyclic) bond motifs is 1. The van der Waals surface area contributed by atoms with Crippen LogP contribution in [0.1, 0.15) is 5.56 Å². The van der Waals surface area contributed by atoms with Crippen LogP contribution in [0.25, 0.3) is 16.8 Å². The molecule has 2 aromatic carbocycles. The minimum Gasteiger partial charge on any atom is -0.378 e. The third kappa shape index (κ3) is 1.73. The van der Waals surface area contributed by atoms with Gasteiger partial charge in [0.15, 0.2) is 0 Å². The van der Waals surface area contributed by atoms with E-state index in [2.05, 4.69) is 62.0 Å². The lowest BCUT2D eigenvalue weighted by Gasteiger charge is -2.13. The molecule has 76 valence electrons. The molecule has 2 aromatic rings. The van der Waals surface area contributed by atoms with Crippen molar-refractivity contribution in [2.75, 3.05) is 19.0 Å². The zero-order valence-corrected chi connectivity index (χ0v) is 9.20. The summed E-state index contributed by atoms with van der Waals surface area (Å²) < 4.78 is 0. The number of hydrogen-bond donors (Lipinski definition) is 0. The molecule has 0 aliphatic rings. The number of rotatable bonds is 2. The summed E-state index contributed by atoms with van der Waals surface area (Å²) in [4.78, 5) is 2.11. The number of nitrogens with zero attached hydrogens (tertiary/aromatic N) is 1. The quantitative estimate of drug-likeness (QED) is 0.711. The predicted molar refractivity (Wildman–Crippen MR) is 68.4 cm³/mol. The second kappa shape index (κ2) is 3.77. The van der Waals surface area contributed by atoms with E-state index in [1.165, 1.54) is 22.0 Å². The summed E-state index contributed by atoms with van der Waals surface area (Å²) in [6, 6.07) is 12.8. The Bertz CT molecular complexity index is 498. The third-order valence-corrected chi connectivity index (χ3v) is 2.64. The molecule has 0 aliphatic carbocycles. The molecule has 1 nitrogen and oxygen atoms in total. The Hall–Kier alpha value is -1.76. The van der Waals surface area contributed by atoms with E-state index in [9.17, 15) is 0 Å². The van der Waals surface area contributed by atoms with E-state index in [-0.39, 0.29) is 0 Å².